The van der Waals surface area contributed by atoms with E-state index < -0.39 is 16.0 Å². The summed E-state index contributed by atoms with van der Waals surface area (Å²) in [6.45, 7) is -0.165. The zero-order valence-corrected chi connectivity index (χ0v) is 16.5. The molecule has 4 rings (SSSR count). The van der Waals surface area contributed by atoms with Crippen LogP contribution in [0.15, 0.2) is 52.6 Å². The number of hydrogen-bond acceptors (Lipinski definition) is 6. The van der Waals surface area contributed by atoms with Crippen LogP contribution in [0.2, 0.25) is 0 Å². The lowest BCUT2D eigenvalue weighted by molar-refractivity contribution is -0.144. The van der Waals surface area contributed by atoms with Crippen LogP contribution in [0.4, 0.5) is 0 Å². The van der Waals surface area contributed by atoms with Crippen LogP contribution in [0.25, 0.3) is 0 Å². The van der Waals surface area contributed by atoms with Gasteiger partial charge in [0.15, 0.2) is 6.61 Å². The van der Waals surface area contributed by atoms with Crippen LogP contribution in [0.3, 0.4) is 0 Å². The maximum absolute atomic E-state index is 12.3. The quantitative estimate of drug-likeness (QED) is 0.742. The molecule has 1 unspecified atom stereocenters. The molecule has 9 heteroatoms. The number of amides is 1. The summed E-state index contributed by atoms with van der Waals surface area (Å²) in [6, 6.07) is 7.95. The third-order valence-corrected chi connectivity index (χ3v) is 6.26. The van der Waals surface area contributed by atoms with Crippen molar-refractivity contribution in [2.24, 2.45) is 4.40 Å². The van der Waals surface area contributed by atoms with Crippen molar-refractivity contribution in [3.8, 4) is 0 Å². The van der Waals surface area contributed by atoms with E-state index in [0.29, 0.717) is 0 Å². The van der Waals surface area contributed by atoms with E-state index in [1.807, 2.05) is 18.2 Å². The highest BCUT2D eigenvalue weighted by molar-refractivity contribution is 7.90. The zero-order valence-electron chi connectivity index (χ0n) is 15.7. The predicted molar refractivity (Wildman–Crippen MR) is 106 cm³/mol. The summed E-state index contributed by atoms with van der Waals surface area (Å²) in [5, 5.41) is 2.94. The van der Waals surface area contributed by atoms with Crippen molar-refractivity contribution in [3.63, 3.8) is 0 Å². The maximum atomic E-state index is 12.3. The fraction of sp³-hybridized carbons (Fsp3) is 0.350. The Balaban J connectivity index is 1.33. The molecule has 1 amide bonds. The summed E-state index contributed by atoms with van der Waals surface area (Å²) >= 11 is 0. The molecular weight excluding hydrogens is 394 g/mol. The highest BCUT2D eigenvalue weighted by Crippen LogP contribution is 2.29. The second-order valence-electron chi connectivity index (χ2n) is 7.13. The first-order valence-corrected chi connectivity index (χ1v) is 11.1. The van der Waals surface area contributed by atoms with Crippen LogP contribution in [0.5, 0.6) is 0 Å². The Morgan fingerprint density at radius 2 is 2.07 bits per heavy atom. The number of carbonyl (C=O) groups excluding carboxylic acids is 2. The van der Waals surface area contributed by atoms with Crippen LogP contribution < -0.4 is 5.32 Å². The van der Waals surface area contributed by atoms with Gasteiger partial charge in [-0.15, -0.1) is 4.40 Å². The Morgan fingerprint density at radius 1 is 1.24 bits per heavy atom. The fourth-order valence-corrected chi connectivity index (χ4v) is 4.65. The fourth-order valence-electron chi connectivity index (χ4n) is 3.68. The van der Waals surface area contributed by atoms with E-state index in [4.69, 9.17) is 4.74 Å². The van der Waals surface area contributed by atoms with E-state index in [1.54, 1.807) is 4.90 Å². The van der Waals surface area contributed by atoms with Crippen molar-refractivity contribution >= 4 is 27.7 Å². The van der Waals surface area contributed by atoms with Gasteiger partial charge < -0.3 is 15.0 Å². The minimum Gasteiger partial charge on any atom is -0.452 e. The van der Waals surface area contributed by atoms with Crippen molar-refractivity contribution in [1.29, 1.82) is 0 Å². The number of esters is 1. The van der Waals surface area contributed by atoms with E-state index in [1.165, 1.54) is 23.9 Å². The number of rotatable bonds is 4. The van der Waals surface area contributed by atoms with E-state index in [2.05, 4.69) is 15.8 Å². The van der Waals surface area contributed by atoms with Gasteiger partial charge in [-0.25, -0.2) is 13.2 Å². The van der Waals surface area contributed by atoms with Gasteiger partial charge in [-0.1, -0.05) is 24.3 Å². The van der Waals surface area contributed by atoms with Crippen LogP contribution in [-0.4, -0.2) is 49.9 Å². The monoisotopic (exact) mass is 415 g/mol. The molecule has 1 atom stereocenters. The minimum atomic E-state index is -3.45. The summed E-state index contributed by atoms with van der Waals surface area (Å²) in [4.78, 5) is 26.2. The number of carbonyl (C=O) groups is 2. The van der Waals surface area contributed by atoms with Crippen molar-refractivity contribution in [3.05, 3.63) is 59.3 Å². The van der Waals surface area contributed by atoms with Crippen LogP contribution in [-0.2, 0) is 30.8 Å². The first-order chi connectivity index (χ1) is 13.9. The van der Waals surface area contributed by atoms with E-state index >= 15 is 0 Å². The molecule has 1 aliphatic carbocycles. The number of sulfonamides is 1. The Bertz CT molecular complexity index is 1040. The van der Waals surface area contributed by atoms with Gasteiger partial charge in [0, 0.05) is 12.7 Å². The van der Waals surface area contributed by atoms with E-state index in [0.717, 1.165) is 24.8 Å². The largest absolute Gasteiger partial charge is 0.452 e. The van der Waals surface area contributed by atoms with Crippen LogP contribution >= 0.6 is 0 Å². The molecule has 0 saturated carbocycles. The molecule has 0 aromatic heterocycles. The summed E-state index contributed by atoms with van der Waals surface area (Å²) in [5.74, 6) is -0.852. The van der Waals surface area contributed by atoms with Crippen LogP contribution in [0, 0.1) is 0 Å². The lowest BCUT2D eigenvalue weighted by Gasteiger charge is -2.27. The number of nitrogens with zero attached hydrogens (tertiary/aromatic N) is 2. The third kappa shape index (κ3) is 4.40. The second-order valence-corrected chi connectivity index (χ2v) is 8.89. The van der Waals surface area contributed by atoms with Crippen molar-refractivity contribution in [1.82, 2.24) is 10.2 Å². The molecule has 1 aromatic rings. The lowest BCUT2D eigenvalue weighted by Crippen LogP contribution is -2.37. The normalized spacial score (nSPS) is 21.9. The van der Waals surface area contributed by atoms with Gasteiger partial charge in [0.1, 0.15) is 5.84 Å². The Morgan fingerprint density at radius 3 is 2.93 bits per heavy atom. The Hall–Kier alpha value is -2.94. The standard InChI is InChI=1S/C20H21N3O5S/c24-19(21-17-7-3-5-14-4-1-2-6-16(14)17)13-28-20(25)15-8-9-18-22-29(26,27)11-10-23(18)12-15/h1-2,4,6,8-9,12,17H,3,5,7,10-11,13H2,(H,21,24). The van der Waals surface area contributed by atoms with E-state index in [9.17, 15) is 18.0 Å². The molecule has 2 heterocycles. The van der Waals surface area contributed by atoms with E-state index in [-0.39, 0.29) is 42.3 Å². The van der Waals surface area contributed by atoms with Gasteiger partial charge in [0.05, 0.1) is 17.4 Å². The molecule has 29 heavy (non-hydrogen) atoms. The first-order valence-electron chi connectivity index (χ1n) is 9.45. The molecular formula is C20H21N3O5S. The minimum absolute atomic E-state index is 0.0750. The van der Waals surface area contributed by atoms with Gasteiger partial charge in [0.2, 0.25) is 0 Å². The first kappa shape index (κ1) is 19.4. The zero-order chi connectivity index (χ0) is 20.4. The number of benzene rings is 1. The molecule has 0 radical (unpaired) electrons. The summed E-state index contributed by atoms with van der Waals surface area (Å²) in [6.07, 6.45) is 7.23. The summed E-state index contributed by atoms with van der Waals surface area (Å²) < 4.78 is 31.9. The highest BCUT2D eigenvalue weighted by atomic mass is 32.2. The molecule has 1 N–H and O–H groups in total. The Kier molecular flexibility index (Phi) is 5.23. The molecule has 0 bridgehead atoms. The van der Waals surface area contributed by atoms with Gasteiger partial charge in [-0.05, 0) is 42.5 Å². The topological polar surface area (TPSA) is 105 Å². The Labute approximate surface area is 169 Å². The predicted octanol–water partition coefficient (Wildman–Crippen LogP) is 1.22. The SMILES string of the molecule is O=C(COC(=O)C1=CN2CCS(=O)(=O)N=C2C=C1)NC1CCCc2ccccc21. The molecule has 8 nitrogen and oxygen atoms in total. The van der Waals surface area contributed by atoms with Gasteiger partial charge in [-0.2, -0.15) is 0 Å². The number of aryl methyl sites for hydroxylation is 1. The third-order valence-electron chi connectivity index (χ3n) is 5.10. The lowest BCUT2D eigenvalue weighted by atomic mass is 9.88. The molecule has 0 fully saturated rings. The van der Waals surface area contributed by atoms with Crippen LogP contribution in [0.1, 0.15) is 30.0 Å². The smallest absolute Gasteiger partial charge is 0.340 e. The van der Waals surface area contributed by atoms with Crippen molar-refractivity contribution in [2.75, 3.05) is 18.9 Å². The number of ether oxygens (including phenoxy) is 1. The molecule has 0 saturated heterocycles. The number of nitrogens with one attached hydrogen (secondary N) is 1. The van der Waals surface area contributed by atoms with Gasteiger partial charge >= 0.3 is 5.97 Å². The molecule has 1 aromatic carbocycles. The number of amidine groups is 1. The number of fused-ring (bicyclic) bond motifs is 2. The average Bonchev–Trinajstić information content (AvgIpc) is 2.71. The average molecular weight is 415 g/mol. The van der Waals surface area contributed by atoms with Crippen molar-refractivity contribution < 1.29 is 22.7 Å². The number of hydrogen-bond donors (Lipinski definition) is 1. The summed E-state index contributed by atoms with van der Waals surface area (Å²) in [7, 11) is -3.45. The highest BCUT2D eigenvalue weighted by Gasteiger charge is 2.26. The molecule has 152 valence electrons. The second kappa shape index (κ2) is 7.82. The van der Waals surface area contributed by atoms with Crippen molar-refractivity contribution in [2.45, 2.75) is 25.3 Å². The summed E-state index contributed by atoms with van der Waals surface area (Å²) in [5.41, 5.74) is 2.59. The van der Waals surface area contributed by atoms with Gasteiger partial charge in [-0.3, -0.25) is 4.79 Å². The van der Waals surface area contributed by atoms with Gasteiger partial charge in [0.25, 0.3) is 15.9 Å². The molecule has 3 aliphatic rings. The molecule has 0 spiro atoms. The maximum Gasteiger partial charge on any atom is 0.340 e. The molecule has 2 aliphatic heterocycles.